The Morgan fingerprint density at radius 3 is 2.84 bits per heavy atom. The van der Waals surface area contributed by atoms with Crippen LogP contribution in [0.1, 0.15) is 18.9 Å². The van der Waals surface area contributed by atoms with E-state index in [1.807, 2.05) is 35.6 Å². The lowest BCUT2D eigenvalue weighted by Crippen LogP contribution is -2.30. The molecule has 1 aliphatic heterocycles. The predicted octanol–water partition coefficient (Wildman–Crippen LogP) is 2.81. The maximum Gasteiger partial charge on any atom is 0.337 e. The molecule has 7 heteroatoms. The average Bonchev–Trinajstić information content (AvgIpc) is 2.59. The van der Waals surface area contributed by atoms with Gasteiger partial charge < -0.3 is 19.3 Å². The van der Waals surface area contributed by atoms with Gasteiger partial charge in [-0.1, -0.05) is 13.0 Å². The van der Waals surface area contributed by atoms with Crippen molar-refractivity contribution in [3.63, 3.8) is 0 Å². The van der Waals surface area contributed by atoms with Gasteiger partial charge in [-0.2, -0.15) is 0 Å². The maximum atomic E-state index is 12.1. The van der Waals surface area contributed by atoms with Gasteiger partial charge in [0.1, 0.15) is 5.75 Å². The van der Waals surface area contributed by atoms with Gasteiger partial charge in [-0.3, -0.25) is 4.79 Å². The molecule has 2 rings (SSSR count). The van der Waals surface area contributed by atoms with Gasteiger partial charge in [-0.25, -0.2) is 4.79 Å². The van der Waals surface area contributed by atoms with E-state index in [2.05, 4.69) is 0 Å². The monoisotopic (exact) mass is 460 g/mol. The molecule has 0 amide bonds. The second-order valence-electron chi connectivity index (χ2n) is 5.94. The summed E-state index contributed by atoms with van der Waals surface area (Å²) in [7, 11) is 1.30. The number of hydrogen-bond donors (Lipinski definition) is 1. The number of carbonyl (C=O) groups is 2. The van der Waals surface area contributed by atoms with Crippen molar-refractivity contribution in [1.82, 2.24) is 0 Å². The highest BCUT2D eigenvalue weighted by atomic mass is 127. The molecule has 0 saturated carbocycles. The first kappa shape index (κ1) is 19.6. The zero-order chi connectivity index (χ0) is 18.4. The van der Waals surface area contributed by atoms with Crippen LogP contribution in [0.5, 0.6) is 5.75 Å². The van der Waals surface area contributed by atoms with Gasteiger partial charge >= 0.3 is 11.9 Å². The Labute approximate surface area is 160 Å². The molecular weight excluding hydrogens is 439 g/mol. The van der Waals surface area contributed by atoms with Crippen LogP contribution >= 0.6 is 22.6 Å². The van der Waals surface area contributed by atoms with Crippen molar-refractivity contribution in [2.75, 3.05) is 20.3 Å². The third-order valence-corrected chi connectivity index (χ3v) is 4.99. The van der Waals surface area contributed by atoms with Gasteiger partial charge in [0, 0.05) is 12.3 Å². The van der Waals surface area contributed by atoms with Crippen LogP contribution in [0.15, 0.2) is 30.0 Å². The number of methoxy groups -OCH3 is 1. The second-order valence-corrected chi connectivity index (χ2v) is 7.10. The van der Waals surface area contributed by atoms with Crippen LogP contribution < -0.4 is 0 Å². The highest BCUT2D eigenvalue weighted by molar-refractivity contribution is 14.1. The highest BCUT2D eigenvalue weighted by Crippen LogP contribution is 2.30. The molecule has 0 saturated heterocycles. The number of ether oxygens (including phenoxy) is 3. The normalized spacial score (nSPS) is 19.6. The van der Waals surface area contributed by atoms with E-state index in [1.54, 1.807) is 12.1 Å². The summed E-state index contributed by atoms with van der Waals surface area (Å²) in [4.78, 5) is 24.0. The number of phenols is 1. The molecule has 0 radical (unpaired) electrons. The van der Waals surface area contributed by atoms with Gasteiger partial charge in [0.05, 0.1) is 42.1 Å². The standard InChI is InChI=1S/C18H21IO6/c1-11-9-24-10-14(18(22)23-2)13(11)8-17(21)25-6-5-12-3-4-16(20)15(19)7-12/h3-4,7,10-11,13,20H,5-6,8-9H2,1-2H3/t11-,13+/m1/s1. The molecule has 6 nitrogen and oxygen atoms in total. The number of carbonyl (C=O) groups excluding carboxylic acids is 2. The molecule has 0 aliphatic carbocycles. The largest absolute Gasteiger partial charge is 0.507 e. The molecule has 1 heterocycles. The molecular formula is C18H21IO6. The van der Waals surface area contributed by atoms with E-state index in [0.717, 1.165) is 9.13 Å². The summed E-state index contributed by atoms with van der Waals surface area (Å²) in [6.07, 6.45) is 2.05. The van der Waals surface area contributed by atoms with Gasteiger partial charge in [-0.05, 0) is 46.2 Å². The smallest absolute Gasteiger partial charge is 0.337 e. The molecule has 2 atom stereocenters. The van der Waals surface area contributed by atoms with Crippen molar-refractivity contribution in [1.29, 1.82) is 0 Å². The topological polar surface area (TPSA) is 82.1 Å². The Hall–Kier alpha value is -1.77. The minimum Gasteiger partial charge on any atom is -0.507 e. The fourth-order valence-electron chi connectivity index (χ4n) is 2.66. The summed E-state index contributed by atoms with van der Waals surface area (Å²) in [5.74, 6) is -0.865. The van der Waals surface area contributed by atoms with Crippen molar-refractivity contribution in [2.45, 2.75) is 19.8 Å². The summed E-state index contributed by atoms with van der Waals surface area (Å²) in [6.45, 7) is 2.62. The fourth-order valence-corrected chi connectivity index (χ4v) is 3.24. The van der Waals surface area contributed by atoms with Crippen LogP contribution in [0.2, 0.25) is 0 Å². The Morgan fingerprint density at radius 2 is 2.16 bits per heavy atom. The van der Waals surface area contributed by atoms with E-state index in [1.165, 1.54) is 13.4 Å². The molecule has 1 aliphatic rings. The van der Waals surface area contributed by atoms with Crippen molar-refractivity contribution in [3.8, 4) is 5.75 Å². The lowest BCUT2D eigenvalue weighted by atomic mass is 9.84. The lowest BCUT2D eigenvalue weighted by Gasteiger charge is -2.28. The van der Waals surface area contributed by atoms with Crippen LogP contribution in [0, 0.1) is 15.4 Å². The molecule has 136 valence electrons. The molecule has 25 heavy (non-hydrogen) atoms. The summed E-state index contributed by atoms with van der Waals surface area (Å²) in [6, 6.07) is 5.27. The van der Waals surface area contributed by atoms with Crippen molar-refractivity contribution < 1.29 is 28.9 Å². The van der Waals surface area contributed by atoms with Crippen LogP contribution in [0.25, 0.3) is 0 Å². The van der Waals surface area contributed by atoms with Crippen molar-refractivity contribution in [3.05, 3.63) is 39.2 Å². The van der Waals surface area contributed by atoms with E-state index < -0.39 is 5.97 Å². The molecule has 0 spiro atoms. The molecule has 1 aromatic carbocycles. The number of halogens is 1. The number of aromatic hydroxyl groups is 1. The quantitative estimate of drug-likeness (QED) is 0.520. The molecule has 0 fully saturated rings. The number of hydrogen-bond acceptors (Lipinski definition) is 6. The summed E-state index contributed by atoms with van der Waals surface area (Å²) in [5, 5.41) is 9.51. The Bertz CT molecular complexity index is 670. The summed E-state index contributed by atoms with van der Waals surface area (Å²) < 4.78 is 16.1. The zero-order valence-electron chi connectivity index (χ0n) is 14.2. The van der Waals surface area contributed by atoms with Crippen LogP contribution in [-0.2, 0) is 30.2 Å². The number of rotatable bonds is 6. The van der Waals surface area contributed by atoms with E-state index in [4.69, 9.17) is 14.2 Å². The number of phenolic OH excluding ortho intramolecular Hbond substituents is 1. The Kier molecular flexibility index (Phi) is 7.10. The van der Waals surface area contributed by atoms with E-state index >= 15 is 0 Å². The lowest BCUT2D eigenvalue weighted by molar-refractivity contribution is -0.145. The third kappa shape index (κ3) is 5.35. The van der Waals surface area contributed by atoms with Gasteiger partial charge in [0.2, 0.25) is 0 Å². The minimum absolute atomic E-state index is 0.0188. The first-order chi connectivity index (χ1) is 11.9. The molecule has 0 unspecified atom stereocenters. The van der Waals surface area contributed by atoms with Crippen molar-refractivity contribution in [2.24, 2.45) is 11.8 Å². The first-order valence-corrected chi connectivity index (χ1v) is 9.03. The summed E-state index contributed by atoms with van der Waals surface area (Å²) >= 11 is 2.05. The number of benzene rings is 1. The Balaban J connectivity index is 1.88. The maximum absolute atomic E-state index is 12.1. The predicted molar refractivity (Wildman–Crippen MR) is 98.8 cm³/mol. The van der Waals surface area contributed by atoms with Crippen LogP contribution in [0.4, 0.5) is 0 Å². The summed E-state index contributed by atoms with van der Waals surface area (Å²) in [5.41, 5.74) is 1.34. The SMILES string of the molecule is COC(=O)C1=COC[C@@H](C)[C@@H]1CC(=O)OCCc1ccc(O)c(I)c1. The molecule has 1 N–H and O–H groups in total. The zero-order valence-corrected chi connectivity index (χ0v) is 16.3. The van der Waals surface area contributed by atoms with E-state index in [-0.39, 0.29) is 36.6 Å². The first-order valence-electron chi connectivity index (χ1n) is 7.95. The highest BCUT2D eigenvalue weighted by Gasteiger charge is 2.33. The molecule has 0 bridgehead atoms. The molecule has 1 aromatic rings. The van der Waals surface area contributed by atoms with Gasteiger partial charge in [0.15, 0.2) is 0 Å². The molecule has 0 aromatic heterocycles. The van der Waals surface area contributed by atoms with Gasteiger partial charge in [0.25, 0.3) is 0 Å². The van der Waals surface area contributed by atoms with E-state index in [0.29, 0.717) is 18.6 Å². The minimum atomic E-state index is -0.483. The van der Waals surface area contributed by atoms with Crippen LogP contribution in [-0.4, -0.2) is 37.4 Å². The third-order valence-electron chi connectivity index (χ3n) is 4.13. The average molecular weight is 460 g/mol. The number of esters is 2. The van der Waals surface area contributed by atoms with Crippen molar-refractivity contribution >= 4 is 34.5 Å². The Morgan fingerprint density at radius 1 is 1.40 bits per heavy atom. The van der Waals surface area contributed by atoms with E-state index in [9.17, 15) is 14.7 Å². The van der Waals surface area contributed by atoms with Gasteiger partial charge in [-0.15, -0.1) is 0 Å². The fraction of sp³-hybridized carbons (Fsp3) is 0.444. The second kappa shape index (κ2) is 9.07. The van der Waals surface area contributed by atoms with Crippen LogP contribution in [0.3, 0.4) is 0 Å².